The molecule has 2 aromatic heterocycles. The monoisotopic (exact) mass is 632 g/mol. The lowest BCUT2D eigenvalue weighted by Crippen LogP contribution is -2.65. The first-order chi connectivity index (χ1) is 20.8. The molecule has 4 aliphatic heterocycles. The Morgan fingerprint density at radius 3 is 2.50 bits per heavy atom. The molecule has 7 rings (SSSR count). The van der Waals surface area contributed by atoms with Crippen LogP contribution in [0.25, 0.3) is 10.9 Å². The van der Waals surface area contributed by atoms with E-state index in [1.165, 1.54) is 0 Å². The number of anilines is 1. The number of hydrogen-bond acceptors (Lipinski definition) is 10. The van der Waals surface area contributed by atoms with Crippen molar-refractivity contribution in [1.82, 2.24) is 24.8 Å². The molecule has 6 atom stereocenters. The van der Waals surface area contributed by atoms with Gasteiger partial charge in [0.05, 0.1) is 36.9 Å². The SMILES string of the molecule is C[C@@H]1CN(CC2(COc3nc4c5c(nc(Cl)c(F)c5n3)O[C@@H](C)[C@@H]3[C@@H]5CC[C@H](CN43)N5C(=O)OC(C)(C)C)CC2)C[C@H](C)O1. The van der Waals surface area contributed by atoms with Gasteiger partial charge in [-0.15, -0.1) is 0 Å². The maximum absolute atomic E-state index is 15.6. The number of rotatable bonds is 5. The molecule has 3 saturated heterocycles. The van der Waals surface area contributed by atoms with Crippen molar-refractivity contribution in [3.8, 4) is 11.9 Å². The fraction of sp³-hybridized carbons (Fsp3) is 0.742. The van der Waals surface area contributed by atoms with E-state index < -0.39 is 17.5 Å². The normalized spacial score (nSPS) is 30.9. The number of amides is 1. The molecule has 0 aromatic carbocycles. The number of ether oxygens (including phenoxy) is 4. The molecule has 11 nitrogen and oxygen atoms in total. The Morgan fingerprint density at radius 1 is 1.09 bits per heavy atom. The second kappa shape index (κ2) is 10.7. The first-order valence-corrected chi connectivity index (χ1v) is 16.2. The summed E-state index contributed by atoms with van der Waals surface area (Å²) in [6.45, 7) is 15.4. The largest absolute Gasteiger partial charge is 0.472 e. The van der Waals surface area contributed by atoms with E-state index in [0.29, 0.717) is 24.4 Å². The highest BCUT2D eigenvalue weighted by Crippen LogP contribution is 2.48. The molecular formula is C31H42ClFN6O5. The lowest BCUT2D eigenvalue weighted by Gasteiger charge is -2.48. The van der Waals surface area contributed by atoms with Gasteiger partial charge in [-0.1, -0.05) is 11.6 Å². The minimum absolute atomic E-state index is 0.00111. The summed E-state index contributed by atoms with van der Waals surface area (Å²) in [4.78, 5) is 33.5. The van der Waals surface area contributed by atoms with Crippen molar-refractivity contribution in [2.75, 3.05) is 37.7 Å². The number of hydrogen-bond donors (Lipinski definition) is 0. The third-order valence-electron chi connectivity index (χ3n) is 9.55. The number of morpholine rings is 1. The Kier molecular flexibility index (Phi) is 7.28. The maximum Gasteiger partial charge on any atom is 0.410 e. The first kappa shape index (κ1) is 30.0. The Balaban J connectivity index is 1.20. The zero-order valence-corrected chi connectivity index (χ0v) is 27.1. The van der Waals surface area contributed by atoms with Gasteiger partial charge in [0.1, 0.15) is 28.4 Å². The number of pyridine rings is 1. The number of halogens is 2. The van der Waals surface area contributed by atoms with Crippen molar-refractivity contribution < 1.29 is 28.1 Å². The van der Waals surface area contributed by atoms with Gasteiger partial charge in [-0.25, -0.2) is 9.18 Å². The molecule has 2 bridgehead atoms. The van der Waals surface area contributed by atoms with Gasteiger partial charge in [-0.3, -0.25) is 9.80 Å². The molecule has 5 aliphatic rings. The first-order valence-electron chi connectivity index (χ1n) is 15.8. The summed E-state index contributed by atoms with van der Waals surface area (Å²) in [6.07, 6.45) is 3.34. The van der Waals surface area contributed by atoms with E-state index in [9.17, 15) is 4.79 Å². The van der Waals surface area contributed by atoms with Gasteiger partial charge in [0.25, 0.3) is 0 Å². The zero-order valence-electron chi connectivity index (χ0n) is 26.3. The standard InChI is InChI=1S/C31H42ClFN6O5/c1-16-11-37(12-17(2)42-16)14-31(9-10-31)15-41-28-34-23-21-26(36-28)38-13-19-7-8-20(39(19)29(40)44-30(4,5)6)24(38)18(3)43-27(21)35-25(32)22(23)33/h16-20,24H,7-15H2,1-6H3/t16-,17+,18-,19+,20-,24+/m0/s1. The van der Waals surface area contributed by atoms with Gasteiger partial charge in [-0.05, 0) is 67.2 Å². The van der Waals surface area contributed by atoms with Crippen LogP contribution in [0.4, 0.5) is 15.0 Å². The van der Waals surface area contributed by atoms with E-state index >= 15 is 4.39 Å². The summed E-state index contributed by atoms with van der Waals surface area (Å²) in [5.41, 5.74) is -0.590. The van der Waals surface area contributed by atoms with Gasteiger partial charge < -0.3 is 23.8 Å². The van der Waals surface area contributed by atoms with Crippen molar-refractivity contribution in [2.24, 2.45) is 5.41 Å². The lowest BCUT2D eigenvalue weighted by atomic mass is 9.98. The second-order valence-corrected chi connectivity index (χ2v) is 14.8. The highest BCUT2D eigenvalue weighted by Gasteiger charge is 2.54. The van der Waals surface area contributed by atoms with Gasteiger partial charge in [-0.2, -0.15) is 15.0 Å². The molecule has 1 amide bonds. The highest BCUT2D eigenvalue weighted by atomic mass is 35.5. The van der Waals surface area contributed by atoms with Crippen LogP contribution < -0.4 is 14.4 Å². The smallest absolute Gasteiger partial charge is 0.410 e. The van der Waals surface area contributed by atoms with Crippen LogP contribution in [-0.4, -0.2) is 106 Å². The van der Waals surface area contributed by atoms with E-state index in [0.717, 1.165) is 45.3 Å². The van der Waals surface area contributed by atoms with Gasteiger partial charge in [0.15, 0.2) is 11.0 Å². The van der Waals surface area contributed by atoms with Crippen LogP contribution in [0.1, 0.15) is 67.2 Å². The molecule has 4 fully saturated rings. The van der Waals surface area contributed by atoms with E-state index in [-0.39, 0.29) is 64.4 Å². The predicted molar refractivity (Wildman–Crippen MR) is 162 cm³/mol. The zero-order chi connectivity index (χ0) is 31.1. The van der Waals surface area contributed by atoms with E-state index in [1.54, 1.807) is 0 Å². The summed E-state index contributed by atoms with van der Waals surface area (Å²) in [6, 6.07) is -0.448. The van der Waals surface area contributed by atoms with Crippen LogP contribution in [-0.2, 0) is 9.47 Å². The molecule has 0 N–H and O–H groups in total. The Morgan fingerprint density at radius 2 is 1.82 bits per heavy atom. The Hall–Kier alpha value is -2.70. The van der Waals surface area contributed by atoms with E-state index in [4.69, 9.17) is 35.5 Å². The van der Waals surface area contributed by atoms with Crippen LogP contribution >= 0.6 is 11.6 Å². The number of nitrogens with zero attached hydrogens (tertiary/aromatic N) is 6. The van der Waals surface area contributed by atoms with Crippen LogP contribution in [0, 0.1) is 11.2 Å². The molecule has 2 aromatic rings. The van der Waals surface area contributed by atoms with Crippen molar-refractivity contribution in [3.05, 3.63) is 11.0 Å². The Labute approximate surface area is 262 Å². The molecule has 44 heavy (non-hydrogen) atoms. The van der Waals surface area contributed by atoms with Crippen molar-refractivity contribution in [2.45, 2.75) is 109 Å². The maximum atomic E-state index is 15.6. The van der Waals surface area contributed by atoms with Crippen molar-refractivity contribution in [1.29, 1.82) is 0 Å². The topological polar surface area (TPSA) is 102 Å². The lowest BCUT2D eigenvalue weighted by molar-refractivity contribution is -0.0741. The Bertz CT molecular complexity index is 1460. The molecule has 240 valence electrons. The average molecular weight is 633 g/mol. The molecular weight excluding hydrogens is 591 g/mol. The average Bonchev–Trinajstić information content (AvgIpc) is 3.63. The van der Waals surface area contributed by atoms with Crippen molar-refractivity contribution >= 4 is 34.4 Å². The van der Waals surface area contributed by atoms with Crippen LogP contribution in [0.5, 0.6) is 11.9 Å². The third-order valence-corrected chi connectivity index (χ3v) is 9.80. The van der Waals surface area contributed by atoms with Crippen LogP contribution in [0.15, 0.2) is 0 Å². The number of aromatic nitrogens is 3. The number of piperazine rings is 1. The van der Waals surface area contributed by atoms with Crippen molar-refractivity contribution in [3.63, 3.8) is 0 Å². The molecule has 1 saturated carbocycles. The summed E-state index contributed by atoms with van der Waals surface area (Å²) in [5, 5.41) is 0.0532. The van der Waals surface area contributed by atoms with E-state index in [1.807, 2.05) is 32.6 Å². The number of carbonyl (C=O) groups excluding carboxylic acids is 1. The van der Waals surface area contributed by atoms with Gasteiger partial charge in [0.2, 0.25) is 5.88 Å². The molecule has 0 unspecified atom stereocenters. The molecule has 0 spiro atoms. The quantitative estimate of drug-likeness (QED) is 0.426. The summed E-state index contributed by atoms with van der Waals surface area (Å²) >= 11 is 6.27. The minimum Gasteiger partial charge on any atom is -0.472 e. The summed E-state index contributed by atoms with van der Waals surface area (Å²) in [7, 11) is 0. The summed E-state index contributed by atoms with van der Waals surface area (Å²) in [5.74, 6) is -0.0518. The fourth-order valence-corrected chi connectivity index (χ4v) is 7.85. The van der Waals surface area contributed by atoms with Crippen LogP contribution in [0.2, 0.25) is 5.15 Å². The fourth-order valence-electron chi connectivity index (χ4n) is 7.69. The molecule has 1 aliphatic carbocycles. The van der Waals surface area contributed by atoms with Crippen LogP contribution in [0.3, 0.4) is 0 Å². The highest BCUT2D eigenvalue weighted by molar-refractivity contribution is 6.30. The second-order valence-electron chi connectivity index (χ2n) is 14.5. The van der Waals surface area contributed by atoms with E-state index in [2.05, 4.69) is 33.6 Å². The number of fused-ring (bicyclic) bond motifs is 5. The van der Waals surface area contributed by atoms with Gasteiger partial charge >= 0.3 is 12.1 Å². The third kappa shape index (κ3) is 5.40. The molecule has 0 radical (unpaired) electrons. The number of carbonyl (C=O) groups is 1. The summed E-state index contributed by atoms with van der Waals surface area (Å²) < 4.78 is 40.0. The predicted octanol–water partition coefficient (Wildman–Crippen LogP) is 4.82. The van der Waals surface area contributed by atoms with Gasteiger partial charge in [0, 0.05) is 31.6 Å². The molecule has 6 heterocycles. The molecule has 13 heteroatoms. The minimum atomic E-state index is -0.735.